The molecule has 2 aromatic rings. The molecule has 2 amide bonds. The first kappa shape index (κ1) is 16.0. The van der Waals surface area contributed by atoms with E-state index in [1.807, 2.05) is 30.5 Å². The van der Waals surface area contributed by atoms with Crippen LogP contribution in [0.2, 0.25) is 0 Å². The molecular weight excluding hydrogens is 310 g/mol. The number of thiazole rings is 1. The molecule has 23 heavy (non-hydrogen) atoms. The minimum atomic E-state index is -0.566. The number of aromatic nitrogens is 1. The first-order chi connectivity index (χ1) is 11.2. The van der Waals surface area contributed by atoms with Gasteiger partial charge in [-0.3, -0.25) is 0 Å². The number of nitrogens with one attached hydrogen (secondary N) is 2. The predicted molar refractivity (Wildman–Crippen MR) is 90.6 cm³/mol. The predicted octanol–water partition coefficient (Wildman–Crippen LogP) is 2.21. The number of nitrogens with zero attached hydrogens (tertiary/aromatic N) is 1. The summed E-state index contributed by atoms with van der Waals surface area (Å²) < 4.78 is 0. The van der Waals surface area contributed by atoms with Crippen LogP contribution in [0.15, 0.2) is 30.5 Å². The van der Waals surface area contributed by atoms with Crippen molar-refractivity contribution in [1.82, 2.24) is 15.6 Å². The molecule has 1 aromatic heterocycles. The van der Waals surface area contributed by atoms with Crippen molar-refractivity contribution in [2.24, 2.45) is 0 Å². The average Bonchev–Trinajstić information content (AvgIpc) is 3.12. The van der Waals surface area contributed by atoms with Gasteiger partial charge in [0, 0.05) is 30.5 Å². The van der Waals surface area contributed by atoms with Crippen molar-refractivity contribution in [2.45, 2.75) is 38.3 Å². The summed E-state index contributed by atoms with van der Waals surface area (Å²) in [4.78, 5) is 17.7. The van der Waals surface area contributed by atoms with E-state index in [1.165, 1.54) is 4.88 Å². The van der Waals surface area contributed by atoms with Gasteiger partial charge in [-0.15, -0.1) is 11.3 Å². The molecule has 6 heteroatoms. The Morgan fingerprint density at radius 3 is 3.04 bits per heavy atom. The Labute approximate surface area is 139 Å². The minimum absolute atomic E-state index is 0.252. The lowest BCUT2D eigenvalue weighted by molar-refractivity contribution is 0.142. The van der Waals surface area contributed by atoms with Crippen LogP contribution < -0.4 is 10.6 Å². The van der Waals surface area contributed by atoms with Crippen LogP contribution >= 0.6 is 11.3 Å². The number of fused-ring (bicyclic) bond motifs is 1. The van der Waals surface area contributed by atoms with E-state index in [0.29, 0.717) is 13.0 Å². The lowest BCUT2D eigenvalue weighted by Crippen LogP contribution is -2.41. The molecule has 0 radical (unpaired) electrons. The van der Waals surface area contributed by atoms with E-state index in [2.05, 4.69) is 22.5 Å². The summed E-state index contributed by atoms with van der Waals surface area (Å²) in [5.74, 6) is 0. The number of carbonyl (C=O) groups excluding carboxylic acids is 1. The van der Waals surface area contributed by atoms with Crippen LogP contribution in [-0.4, -0.2) is 28.8 Å². The van der Waals surface area contributed by atoms with Gasteiger partial charge >= 0.3 is 6.03 Å². The standard InChI is InChI=1S/C17H21N3O2S/c1-2-12-10-19-15(23-12)7-8-18-17(22)20-16-13-6-4-3-5-11(13)9-14(16)21/h3-6,10,14,16,21H,2,7-9H2,1H3,(H2,18,20,22)/t14-,16+/m1/s1. The fraction of sp³-hybridized carbons (Fsp3) is 0.412. The van der Waals surface area contributed by atoms with Crippen molar-refractivity contribution in [3.8, 4) is 0 Å². The van der Waals surface area contributed by atoms with Crippen molar-refractivity contribution in [3.63, 3.8) is 0 Å². The fourth-order valence-corrected chi connectivity index (χ4v) is 3.71. The molecule has 1 heterocycles. The van der Waals surface area contributed by atoms with Gasteiger partial charge in [0.05, 0.1) is 17.2 Å². The second kappa shape index (κ2) is 7.10. The van der Waals surface area contributed by atoms with Gasteiger partial charge in [0.15, 0.2) is 0 Å². The molecule has 0 saturated carbocycles. The molecule has 0 spiro atoms. The van der Waals surface area contributed by atoms with E-state index < -0.39 is 6.10 Å². The molecule has 1 aliphatic rings. The maximum Gasteiger partial charge on any atom is 0.315 e. The van der Waals surface area contributed by atoms with Crippen molar-refractivity contribution < 1.29 is 9.90 Å². The first-order valence-corrected chi connectivity index (χ1v) is 8.73. The van der Waals surface area contributed by atoms with Gasteiger partial charge in [-0.2, -0.15) is 0 Å². The van der Waals surface area contributed by atoms with Gasteiger partial charge in [-0.1, -0.05) is 31.2 Å². The quantitative estimate of drug-likeness (QED) is 0.786. The molecule has 3 N–H and O–H groups in total. The Balaban J connectivity index is 1.50. The van der Waals surface area contributed by atoms with Crippen LogP contribution in [0, 0.1) is 0 Å². The van der Waals surface area contributed by atoms with E-state index >= 15 is 0 Å². The van der Waals surface area contributed by atoms with E-state index in [0.717, 1.165) is 29.0 Å². The summed E-state index contributed by atoms with van der Waals surface area (Å²) in [5, 5.41) is 16.9. The highest BCUT2D eigenvalue weighted by molar-refractivity contribution is 7.11. The number of aliphatic hydroxyl groups is 1. The molecule has 3 rings (SSSR count). The molecule has 1 aromatic carbocycles. The zero-order chi connectivity index (χ0) is 16.2. The molecule has 122 valence electrons. The Hall–Kier alpha value is -1.92. The summed E-state index contributed by atoms with van der Waals surface area (Å²) in [6.45, 7) is 2.64. The van der Waals surface area contributed by atoms with Crippen LogP contribution in [0.5, 0.6) is 0 Å². The van der Waals surface area contributed by atoms with Gasteiger partial charge in [-0.25, -0.2) is 9.78 Å². The summed E-state index contributed by atoms with van der Waals surface area (Å²) in [6.07, 6.45) is 3.63. The number of carbonyl (C=O) groups is 1. The first-order valence-electron chi connectivity index (χ1n) is 7.91. The SMILES string of the molecule is CCc1cnc(CCNC(=O)N[C@H]2c3ccccc3C[C@H]2O)s1. The molecule has 5 nitrogen and oxygen atoms in total. The van der Waals surface area contributed by atoms with Crippen LogP contribution in [0.25, 0.3) is 0 Å². The molecule has 1 aliphatic carbocycles. The molecule has 0 fully saturated rings. The second-order valence-corrected chi connectivity index (χ2v) is 6.87. The van der Waals surface area contributed by atoms with Gasteiger partial charge in [0.25, 0.3) is 0 Å². The molecule has 0 saturated heterocycles. The second-order valence-electron chi connectivity index (χ2n) is 5.67. The van der Waals surface area contributed by atoms with Crippen molar-refractivity contribution in [1.29, 1.82) is 0 Å². The maximum atomic E-state index is 12.1. The van der Waals surface area contributed by atoms with E-state index in [-0.39, 0.29) is 12.1 Å². The molecule has 0 unspecified atom stereocenters. The summed E-state index contributed by atoms with van der Waals surface area (Å²) in [7, 11) is 0. The highest BCUT2D eigenvalue weighted by atomic mass is 32.1. The van der Waals surface area contributed by atoms with Crippen LogP contribution in [0.1, 0.15) is 34.0 Å². The Bertz CT molecular complexity index is 686. The molecule has 0 aliphatic heterocycles. The monoisotopic (exact) mass is 331 g/mol. The minimum Gasteiger partial charge on any atom is -0.390 e. The van der Waals surface area contributed by atoms with Crippen molar-refractivity contribution in [3.05, 3.63) is 51.5 Å². The summed E-state index contributed by atoms with van der Waals surface area (Å²) in [6, 6.07) is 7.24. The summed E-state index contributed by atoms with van der Waals surface area (Å²) in [5.41, 5.74) is 2.10. The number of rotatable bonds is 5. The highest BCUT2D eigenvalue weighted by Gasteiger charge is 2.31. The third-order valence-corrected chi connectivity index (χ3v) is 5.27. The largest absolute Gasteiger partial charge is 0.390 e. The fourth-order valence-electron chi connectivity index (χ4n) is 2.85. The zero-order valence-corrected chi connectivity index (χ0v) is 13.9. The average molecular weight is 331 g/mol. The number of aryl methyl sites for hydroxylation is 1. The zero-order valence-electron chi connectivity index (χ0n) is 13.1. The highest BCUT2D eigenvalue weighted by Crippen LogP contribution is 2.30. The van der Waals surface area contributed by atoms with Gasteiger partial charge in [0.2, 0.25) is 0 Å². The lowest BCUT2D eigenvalue weighted by atomic mass is 10.1. The van der Waals surface area contributed by atoms with Crippen LogP contribution in [0.3, 0.4) is 0 Å². The van der Waals surface area contributed by atoms with E-state index in [4.69, 9.17) is 0 Å². The topological polar surface area (TPSA) is 74.2 Å². The van der Waals surface area contributed by atoms with Gasteiger partial charge in [-0.05, 0) is 17.5 Å². The normalized spacial score (nSPS) is 19.4. The maximum absolute atomic E-state index is 12.1. The molecular formula is C17H21N3O2S. The number of aliphatic hydroxyl groups excluding tert-OH is 1. The van der Waals surface area contributed by atoms with E-state index in [9.17, 15) is 9.90 Å². The number of hydrogen-bond acceptors (Lipinski definition) is 4. The smallest absolute Gasteiger partial charge is 0.315 e. The Morgan fingerprint density at radius 2 is 2.26 bits per heavy atom. The Kier molecular flexibility index (Phi) is 4.93. The number of urea groups is 1. The van der Waals surface area contributed by atoms with Crippen LogP contribution in [-0.2, 0) is 19.3 Å². The van der Waals surface area contributed by atoms with Crippen LogP contribution in [0.4, 0.5) is 4.79 Å². The third-order valence-electron chi connectivity index (χ3n) is 4.06. The Morgan fingerprint density at radius 1 is 1.43 bits per heavy atom. The third kappa shape index (κ3) is 3.71. The number of benzene rings is 1. The van der Waals surface area contributed by atoms with Gasteiger partial charge in [0.1, 0.15) is 0 Å². The van der Waals surface area contributed by atoms with Gasteiger partial charge < -0.3 is 15.7 Å². The molecule has 2 atom stereocenters. The number of amides is 2. The van der Waals surface area contributed by atoms with E-state index in [1.54, 1.807) is 11.3 Å². The van der Waals surface area contributed by atoms with Crippen molar-refractivity contribution in [2.75, 3.05) is 6.54 Å². The number of hydrogen-bond donors (Lipinski definition) is 3. The molecule has 0 bridgehead atoms. The van der Waals surface area contributed by atoms with Crippen molar-refractivity contribution >= 4 is 17.4 Å². The summed E-state index contributed by atoms with van der Waals surface area (Å²) >= 11 is 1.69. The lowest BCUT2D eigenvalue weighted by Gasteiger charge is -2.18.